The highest BCUT2D eigenvalue weighted by molar-refractivity contribution is 7.89. The first-order valence-electron chi connectivity index (χ1n) is 5.86. The fourth-order valence-corrected chi connectivity index (χ4v) is 2.72. The van der Waals surface area contributed by atoms with Gasteiger partial charge < -0.3 is 14.3 Å². The van der Waals surface area contributed by atoms with Crippen LogP contribution < -0.4 is 9.46 Å². The molecular weight excluding hydrogens is 298 g/mol. The topological polar surface area (TPSA) is 106 Å². The van der Waals surface area contributed by atoms with E-state index in [0.717, 1.165) is 6.07 Å². The van der Waals surface area contributed by atoms with Crippen LogP contribution in [0.25, 0.3) is 0 Å². The predicted octanol–water partition coefficient (Wildman–Crippen LogP) is 1.46. The van der Waals surface area contributed by atoms with Gasteiger partial charge in [-0.05, 0) is 24.3 Å². The van der Waals surface area contributed by atoms with Gasteiger partial charge in [-0.2, -0.15) is 0 Å². The molecule has 0 bridgehead atoms. The van der Waals surface area contributed by atoms with Gasteiger partial charge in [-0.1, -0.05) is 0 Å². The van der Waals surface area contributed by atoms with E-state index < -0.39 is 16.0 Å². The number of carbonyl (C=O) groups is 1. The van der Waals surface area contributed by atoms with Crippen molar-refractivity contribution >= 4 is 16.0 Å². The lowest BCUT2D eigenvalue weighted by atomic mass is 10.2. The first kappa shape index (κ1) is 15.1. The second-order valence-electron chi connectivity index (χ2n) is 4.12. The zero-order valence-electron chi connectivity index (χ0n) is 11.1. The van der Waals surface area contributed by atoms with Crippen LogP contribution in [0.2, 0.25) is 0 Å². The third kappa shape index (κ3) is 3.41. The molecule has 0 atom stereocenters. The molecule has 8 heteroatoms. The first-order chi connectivity index (χ1) is 9.94. The van der Waals surface area contributed by atoms with Crippen molar-refractivity contribution < 1.29 is 27.5 Å². The molecular formula is C13H13NO6S. The van der Waals surface area contributed by atoms with E-state index in [9.17, 15) is 13.2 Å². The Morgan fingerprint density at radius 2 is 2.14 bits per heavy atom. The van der Waals surface area contributed by atoms with Crippen LogP contribution in [0.15, 0.2) is 46.1 Å². The Hall–Kier alpha value is -2.32. The van der Waals surface area contributed by atoms with Crippen LogP contribution in [0.3, 0.4) is 0 Å². The minimum Gasteiger partial charge on any atom is -0.496 e. The number of hydrogen-bond acceptors (Lipinski definition) is 5. The van der Waals surface area contributed by atoms with Gasteiger partial charge in [-0.15, -0.1) is 0 Å². The molecule has 0 radical (unpaired) electrons. The lowest BCUT2D eigenvalue weighted by molar-refractivity contribution is 0.0693. The lowest BCUT2D eigenvalue weighted by Crippen LogP contribution is -2.23. The van der Waals surface area contributed by atoms with Crippen LogP contribution in [0.5, 0.6) is 5.75 Å². The molecule has 2 rings (SSSR count). The zero-order chi connectivity index (χ0) is 15.5. The van der Waals surface area contributed by atoms with Crippen molar-refractivity contribution in [3.63, 3.8) is 0 Å². The first-order valence-corrected chi connectivity index (χ1v) is 7.34. The molecule has 1 heterocycles. The second-order valence-corrected chi connectivity index (χ2v) is 5.89. The monoisotopic (exact) mass is 311 g/mol. The van der Waals surface area contributed by atoms with Crippen molar-refractivity contribution in [1.82, 2.24) is 4.72 Å². The number of sulfonamides is 1. The number of furan rings is 1. The highest BCUT2D eigenvalue weighted by Crippen LogP contribution is 2.22. The molecule has 2 N–H and O–H groups in total. The fraction of sp³-hybridized carbons (Fsp3) is 0.154. The highest BCUT2D eigenvalue weighted by atomic mass is 32.2. The van der Waals surface area contributed by atoms with E-state index in [1.165, 1.54) is 31.8 Å². The number of rotatable bonds is 6. The molecule has 0 saturated carbocycles. The van der Waals surface area contributed by atoms with E-state index in [2.05, 4.69) is 4.72 Å². The molecule has 0 unspecified atom stereocenters. The summed E-state index contributed by atoms with van der Waals surface area (Å²) < 4.78 is 36.3. The Morgan fingerprint density at radius 3 is 2.71 bits per heavy atom. The number of nitrogens with one attached hydrogen (secondary N) is 1. The molecule has 112 valence electrons. The van der Waals surface area contributed by atoms with Gasteiger partial charge in [0.05, 0.1) is 24.5 Å². The summed E-state index contributed by atoms with van der Waals surface area (Å²) in [6.07, 6.45) is 2.85. The molecule has 0 aliphatic rings. The molecule has 0 aliphatic heterocycles. The maximum Gasteiger partial charge on any atom is 0.339 e. The van der Waals surface area contributed by atoms with Crippen LogP contribution in [0.4, 0.5) is 0 Å². The summed E-state index contributed by atoms with van der Waals surface area (Å²) in [7, 11) is -2.52. The van der Waals surface area contributed by atoms with E-state index in [1.54, 1.807) is 6.07 Å². The molecule has 0 aliphatic carbocycles. The van der Waals surface area contributed by atoms with Crippen LogP contribution in [-0.4, -0.2) is 26.6 Å². The van der Waals surface area contributed by atoms with Crippen LogP contribution in [-0.2, 0) is 16.6 Å². The average molecular weight is 311 g/mol. The smallest absolute Gasteiger partial charge is 0.339 e. The molecule has 0 saturated heterocycles. The summed E-state index contributed by atoms with van der Waals surface area (Å²) in [5.41, 5.74) is 0.439. The van der Waals surface area contributed by atoms with Crippen LogP contribution in [0, 0.1) is 0 Å². The van der Waals surface area contributed by atoms with Crippen LogP contribution in [0.1, 0.15) is 15.9 Å². The Kier molecular flexibility index (Phi) is 4.29. The summed E-state index contributed by atoms with van der Waals surface area (Å²) in [4.78, 5) is 10.9. The summed E-state index contributed by atoms with van der Waals surface area (Å²) in [6, 6.07) is 5.26. The van der Waals surface area contributed by atoms with Gasteiger partial charge in [0.25, 0.3) is 0 Å². The Bertz CT molecular complexity index is 736. The SMILES string of the molecule is COc1ccc(S(=O)(=O)NCc2ccoc2)cc1C(=O)O. The quantitative estimate of drug-likeness (QED) is 0.836. The van der Waals surface area contributed by atoms with E-state index in [1.807, 2.05) is 0 Å². The van der Waals surface area contributed by atoms with Crippen molar-refractivity contribution in [3.05, 3.63) is 47.9 Å². The number of carboxylic acid groups (broad SMARTS) is 1. The largest absolute Gasteiger partial charge is 0.496 e. The van der Waals surface area contributed by atoms with Gasteiger partial charge in [0.15, 0.2) is 0 Å². The third-order valence-electron chi connectivity index (χ3n) is 2.76. The Balaban J connectivity index is 2.27. The molecule has 21 heavy (non-hydrogen) atoms. The Morgan fingerprint density at radius 1 is 1.38 bits per heavy atom. The minimum absolute atomic E-state index is 0.0489. The maximum absolute atomic E-state index is 12.1. The van der Waals surface area contributed by atoms with E-state index >= 15 is 0 Å². The average Bonchev–Trinajstić information content (AvgIpc) is 2.97. The van der Waals surface area contributed by atoms with Crippen molar-refractivity contribution in [1.29, 1.82) is 0 Å². The number of benzene rings is 1. The molecule has 0 spiro atoms. The van der Waals surface area contributed by atoms with Gasteiger partial charge in [0.1, 0.15) is 11.3 Å². The van der Waals surface area contributed by atoms with Gasteiger partial charge >= 0.3 is 5.97 Å². The number of methoxy groups -OCH3 is 1. The Labute approximate surface area is 121 Å². The summed E-state index contributed by atoms with van der Waals surface area (Å²) in [5, 5.41) is 9.06. The van der Waals surface area contributed by atoms with Crippen LogP contribution >= 0.6 is 0 Å². The van der Waals surface area contributed by atoms with Crippen molar-refractivity contribution in [2.75, 3.05) is 7.11 Å². The summed E-state index contributed by atoms with van der Waals surface area (Å²) >= 11 is 0. The summed E-state index contributed by atoms with van der Waals surface area (Å²) in [6.45, 7) is 0.0489. The fourth-order valence-electron chi connectivity index (χ4n) is 1.68. The van der Waals surface area contributed by atoms with Gasteiger partial charge in [0.2, 0.25) is 10.0 Å². The van der Waals surface area contributed by atoms with Gasteiger partial charge in [-0.25, -0.2) is 17.9 Å². The van der Waals surface area contributed by atoms with E-state index in [-0.39, 0.29) is 22.8 Å². The molecule has 7 nitrogen and oxygen atoms in total. The number of aromatic carboxylic acids is 1. The number of ether oxygens (including phenoxy) is 1. The van der Waals surface area contributed by atoms with Gasteiger partial charge in [0, 0.05) is 12.1 Å². The maximum atomic E-state index is 12.1. The molecule has 1 aromatic heterocycles. The summed E-state index contributed by atoms with van der Waals surface area (Å²) in [5.74, 6) is -1.17. The second kappa shape index (κ2) is 5.98. The molecule has 0 amide bonds. The minimum atomic E-state index is -3.83. The molecule has 2 aromatic rings. The lowest BCUT2D eigenvalue weighted by Gasteiger charge is -2.09. The van der Waals surface area contributed by atoms with E-state index in [4.69, 9.17) is 14.3 Å². The standard InChI is InChI=1S/C13H13NO6S/c1-19-12-3-2-10(6-11(12)13(15)16)21(17,18)14-7-9-4-5-20-8-9/h2-6,8,14H,7H2,1H3,(H,15,16). The van der Waals surface area contributed by atoms with Gasteiger partial charge in [-0.3, -0.25) is 0 Å². The normalized spacial score (nSPS) is 11.3. The van der Waals surface area contributed by atoms with Crippen molar-refractivity contribution in [3.8, 4) is 5.75 Å². The number of carboxylic acids is 1. The zero-order valence-corrected chi connectivity index (χ0v) is 11.9. The van der Waals surface area contributed by atoms with E-state index in [0.29, 0.717) is 5.56 Å². The predicted molar refractivity (Wildman–Crippen MR) is 72.7 cm³/mol. The van der Waals surface area contributed by atoms with Crippen molar-refractivity contribution in [2.45, 2.75) is 11.4 Å². The molecule has 1 aromatic carbocycles. The highest BCUT2D eigenvalue weighted by Gasteiger charge is 2.19. The third-order valence-corrected chi connectivity index (χ3v) is 4.16. The molecule has 0 fully saturated rings. The number of hydrogen-bond donors (Lipinski definition) is 2. The van der Waals surface area contributed by atoms with Crippen molar-refractivity contribution in [2.24, 2.45) is 0 Å².